The SMILES string of the molecule is CSc1ncc2ccc(-c3cccc(N4CCCS4(O)O)c3)n2n1. The molecule has 2 aromatic heterocycles. The lowest BCUT2D eigenvalue weighted by atomic mass is 10.1. The van der Waals surface area contributed by atoms with Gasteiger partial charge in [-0.3, -0.25) is 13.4 Å². The summed E-state index contributed by atoms with van der Waals surface area (Å²) in [5.41, 5.74) is 3.71. The maximum absolute atomic E-state index is 10.2. The second-order valence-electron chi connectivity index (χ2n) is 5.64. The highest BCUT2D eigenvalue weighted by Crippen LogP contribution is 2.51. The zero-order valence-electron chi connectivity index (χ0n) is 13.2. The summed E-state index contributed by atoms with van der Waals surface area (Å²) in [5.74, 6) is 0.440. The Balaban J connectivity index is 1.79. The molecule has 0 saturated carbocycles. The molecule has 8 heteroatoms. The molecule has 0 spiro atoms. The van der Waals surface area contributed by atoms with Crippen LogP contribution in [-0.4, -0.2) is 42.3 Å². The third kappa shape index (κ3) is 2.65. The van der Waals surface area contributed by atoms with Crippen molar-refractivity contribution in [3.05, 3.63) is 42.6 Å². The molecule has 1 aromatic carbocycles. The van der Waals surface area contributed by atoms with E-state index in [9.17, 15) is 9.11 Å². The van der Waals surface area contributed by atoms with Crippen molar-refractivity contribution in [1.29, 1.82) is 0 Å². The second-order valence-corrected chi connectivity index (χ2v) is 8.53. The van der Waals surface area contributed by atoms with Crippen LogP contribution in [-0.2, 0) is 0 Å². The molecule has 6 nitrogen and oxygen atoms in total. The van der Waals surface area contributed by atoms with Gasteiger partial charge in [-0.2, -0.15) is 0 Å². The smallest absolute Gasteiger partial charge is 0.207 e. The highest BCUT2D eigenvalue weighted by atomic mass is 32.3. The molecule has 0 radical (unpaired) electrons. The third-order valence-corrected chi connectivity index (χ3v) is 6.61. The monoisotopic (exact) mass is 362 g/mol. The van der Waals surface area contributed by atoms with Gasteiger partial charge in [0, 0.05) is 12.1 Å². The number of nitrogens with zero attached hydrogens (tertiary/aromatic N) is 4. The van der Waals surface area contributed by atoms with E-state index in [4.69, 9.17) is 0 Å². The van der Waals surface area contributed by atoms with E-state index in [0.29, 0.717) is 17.5 Å². The van der Waals surface area contributed by atoms with Crippen LogP contribution in [0, 0.1) is 0 Å². The van der Waals surface area contributed by atoms with Gasteiger partial charge >= 0.3 is 0 Å². The van der Waals surface area contributed by atoms with Gasteiger partial charge in [0.05, 0.1) is 28.8 Å². The number of rotatable bonds is 3. The molecule has 0 amide bonds. The summed E-state index contributed by atoms with van der Waals surface area (Å²) >= 11 is 1.50. The lowest BCUT2D eigenvalue weighted by molar-refractivity contribution is 0.491. The van der Waals surface area contributed by atoms with E-state index >= 15 is 0 Å². The highest BCUT2D eigenvalue weighted by molar-refractivity contribution is 8.25. The predicted octanol–water partition coefficient (Wildman–Crippen LogP) is 3.99. The van der Waals surface area contributed by atoms with Crippen molar-refractivity contribution in [2.45, 2.75) is 11.6 Å². The van der Waals surface area contributed by atoms with Gasteiger partial charge in [0.1, 0.15) is 0 Å². The van der Waals surface area contributed by atoms with Crippen molar-refractivity contribution in [2.24, 2.45) is 0 Å². The average molecular weight is 362 g/mol. The van der Waals surface area contributed by atoms with Crippen LogP contribution in [0.4, 0.5) is 5.69 Å². The molecule has 3 aromatic rings. The molecule has 3 heterocycles. The quantitative estimate of drug-likeness (QED) is 0.686. The Morgan fingerprint density at radius 3 is 2.83 bits per heavy atom. The molecule has 1 saturated heterocycles. The lowest BCUT2D eigenvalue weighted by Crippen LogP contribution is -2.21. The fraction of sp³-hybridized carbons (Fsp3) is 0.250. The number of benzene rings is 1. The van der Waals surface area contributed by atoms with Crippen molar-refractivity contribution in [3.63, 3.8) is 0 Å². The number of hydrogen-bond donors (Lipinski definition) is 2. The summed E-state index contributed by atoms with van der Waals surface area (Å²) in [7, 11) is -2.68. The fourth-order valence-electron chi connectivity index (χ4n) is 2.98. The number of thioether (sulfide) groups is 1. The zero-order valence-corrected chi connectivity index (χ0v) is 14.8. The van der Waals surface area contributed by atoms with Crippen molar-refractivity contribution in [1.82, 2.24) is 14.6 Å². The van der Waals surface area contributed by atoms with Crippen LogP contribution in [0.1, 0.15) is 6.42 Å². The Hall–Kier alpha value is -1.74. The molecule has 0 aliphatic carbocycles. The van der Waals surface area contributed by atoms with Crippen LogP contribution in [0.3, 0.4) is 0 Å². The minimum Gasteiger partial charge on any atom is -0.282 e. The maximum atomic E-state index is 10.2. The first kappa shape index (κ1) is 15.8. The molecule has 0 unspecified atom stereocenters. The molecule has 1 fully saturated rings. The highest BCUT2D eigenvalue weighted by Gasteiger charge is 2.29. The largest absolute Gasteiger partial charge is 0.282 e. The van der Waals surface area contributed by atoms with Gasteiger partial charge in [0.25, 0.3) is 0 Å². The molecule has 126 valence electrons. The van der Waals surface area contributed by atoms with Gasteiger partial charge in [-0.05, 0) is 36.9 Å². The Morgan fingerprint density at radius 2 is 2.08 bits per heavy atom. The van der Waals surface area contributed by atoms with E-state index < -0.39 is 10.8 Å². The van der Waals surface area contributed by atoms with Crippen LogP contribution in [0.5, 0.6) is 0 Å². The van der Waals surface area contributed by atoms with Gasteiger partial charge in [-0.15, -0.1) is 15.9 Å². The first-order valence-electron chi connectivity index (χ1n) is 7.61. The standard InChI is InChI=1S/C16H18N4O2S2/c1-23-16-17-11-14-6-7-15(20(14)18-16)12-4-2-5-13(10-12)19-8-3-9-24(19,21)22/h2,4-7,10-11,21-22H,3,8-9H2,1H3. The number of hydrogen-bond acceptors (Lipinski definition) is 6. The summed E-state index contributed by atoms with van der Waals surface area (Å²) in [6.07, 6.45) is 4.55. The van der Waals surface area contributed by atoms with Crippen molar-refractivity contribution < 1.29 is 9.11 Å². The Kier molecular flexibility index (Phi) is 3.92. The van der Waals surface area contributed by atoms with Crippen molar-refractivity contribution >= 4 is 33.7 Å². The first-order chi connectivity index (χ1) is 11.6. The predicted molar refractivity (Wildman–Crippen MR) is 99.9 cm³/mol. The first-order valence-corrected chi connectivity index (χ1v) is 10.5. The third-order valence-electron chi connectivity index (χ3n) is 4.12. The van der Waals surface area contributed by atoms with Crippen LogP contribution in [0.2, 0.25) is 0 Å². The average Bonchev–Trinajstić information content (AvgIpc) is 3.16. The van der Waals surface area contributed by atoms with Gasteiger partial charge in [-0.1, -0.05) is 23.9 Å². The van der Waals surface area contributed by atoms with Crippen LogP contribution in [0.15, 0.2) is 47.8 Å². The summed E-state index contributed by atoms with van der Waals surface area (Å²) in [6.45, 7) is 0.666. The van der Waals surface area contributed by atoms with Crippen molar-refractivity contribution in [3.8, 4) is 11.3 Å². The second kappa shape index (κ2) is 5.96. The molecule has 2 N–H and O–H groups in total. The number of fused-ring (bicyclic) bond motifs is 1. The zero-order chi connectivity index (χ0) is 16.7. The molecule has 24 heavy (non-hydrogen) atoms. The maximum Gasteiger partial charge on any atom is 0.207 e. The van der Waals surface area contributed by atoms with Gasteiger partial charge < -0.3 is 0 Å². The number of anilines is 1. The lowest BCUT2D eigenvalue weighted by Gasteiger charge is -2.38. The van der Waals surface area contributed by atoms with Crippen molar-refractivity contribution in [2.75, 3.05) is 22.9 Å². The minimum absolute atomic E-state index is 0.440. The molecular formula is C16H18N4O2S2. The van der Waals surface area contributed by atoms with E-state index in [1.807, 2.05) is 53.4 Å². The van der Waals surface area contributed by atoms with Crippen LogP contribution < -0.4 is 4.31 Å². The van der Waals surface area contributed by atoms with E-state index in [-0.39, 0.29) is 0 Å². The minimum atomic E-state index is -2.68. The van der Waals surface area contributed by atoms with Crippen LogP contribution >= 0.6 is 22.5 Å². The molecule has 1 aliphatic heterocycles. The summed E-state index contributed by atoms with van der Waals surface area (Å²) in [5, 5.41) is 5.26. The van der Waals surface area contributed by atoms with E-state index in [0.717, 1.165) is 28.9 Å². The molecule has 0 bridgehead atoms. The molecule has 1 aliphatic rings. The summed E-state index contributed by atoms with van der Waals surface area (Å²) in [6, 6.07) is 11.8. The van der Waals surface area contributed by atoms with E-state index in [2.05, 4.69) is 10.1 Å². The van der Waals surface area contributed by atoms with Gasteiger partial charge in [-0.25, -0.2) is 9.50 Å². The summed E-state index contributed by atoms with van der Waals surface area (Å²) in [4.78, 5) is 4.29. The topological polar surface area (TPSA) is 73.9 Å². The molecular weight excluding hydrogens is 344 g/mol. The Labute approximate surface area is 146 Å². The normalized spacial score (nSPS) is 18.2. The molecule has 0 atom stereocenters. The van der Waals surface area contributed by atoms with E-state index in [1.165, 1.54) is 11.8 Å². The van der Waals surface area contributed by atoms with Gasteiger partial charge in [0.15, 0.2) is 0 Å². The van der Waals surface area contributed by atoms with E-state index in [1.54, 1.807) is 4.31 Å². The fourth-order valence-corrected chi connectivity index (χ4v) is 4.91. The van der Waals surface area contributed by atoms with Gasteiger partial charge in [0.2, 0.25) is 5.16 Å². The van der Waals surface area contributed by atoms with Crippen LogP contribution in [0.25, 0.3) is 16.8 Å². The Morgan fingerprint density at radius 1 is 1.21 bits per heavy atom. The summed E-state index contributed by atoms with van der Waals surface area (Å²) < 4.78 is 24.0. The Bertz CT molecular complexity index is 897. The molecule has 4 rings (SSSR count). The number of aromatic nitrogens is 3.